The van der Waals surface area contributed by atoms with Crippen LogP contribution in [-0.4, -0.2) is 15.8 Å². The molecule has 0 radical (unpaired) electrons. The summed E-state index contributed by atoms with van der Waals surface area (Å²) >= 11 is 0. The first-order valence-corrected chi connectivity index (χ1v) is 9.44. The van der Waals surface area contributed by atoms with Gasteiger partial charge in [-0.1, -0.05) is 66.7 Å². The zero-order valence-electron chi connectivity index (χ0n) is 16.0. The number of carbonyl (C=O) groups is 1. The highest BCUT2D eigenvalue weighted by atomic mass is 16.2. The summed E-state index contributed by atoms with van der Waals surface area (Å²) in [6, 6.07) is 26.3. The smallest absolute Gasteiger partial charge is 0.223 e. The van der Waals surface area contributed by atoms with E-state index in [4.69, 9.17) is 0 Å². The summed E-state index contributed by atoms with van der Waals surface area (Å²) in [5, 5.41) is 0. The molecule has 138 valence electrons. The average Bonchev–Trinajstić information content (AvgIpc) is 2.71. The molecule has 0 spiro atoms. The number of pyridine rings is 1. The zero-order valence-corrected chi connectivity index (χ0v) is 16.0. The first kappa shape index (κ1) is 18.8. The molecule has 1 unspecified atom stereocenters. The largest absolute Gasteiger partial charge is 0.330 e. The van der Waals surface area contributed by atoms with Crippen LogP contribution in [-0.2, 0) is 17.8 Å². The Morgan fingerprint density at radius 2 is 1.59 bits per heavy atom. The van der Waals surface area contributed by atoms with Gasteiger partial charge >= 0.3 is 0 Å². The quantitative estimate of drug-likeness (QED) is 0.588. The summed E-state index contributed by atoms with van der Waals surface area (Å²) in [4.78, 5) is 19.7. The third-order valence-corrected chi connectivity index (χ3v) is 4.82. The van der Waals surface area contributed by atoms with Crippen molar-refractivity contribution in [2.24, 2.45) is 0 Å². The molecule has 0 aliphatic rings. The molecule has 0 N–H and O–H groups in total. The molecule has 3 nitrogen and oxygen atoms in total. The number of amides is 1. The predicted molar refractivity (Wildman–Crippen MR) is 109 cm³/mol. The van der Waals surface area contributed by atoms with Crippen molar-refractivity contribution in [2.75, 3.05) is 0 Å². The van der Waals surface area contributed by atoms with Crippen LogP contribution in [0.15, 0.2) is 78.9 Å². The first-order valence-electron chi connectivity index (χ1n) is 9.44. The highest BCUT2D eigenvalue weighted by Gasteiger charge is 2.22. The van der Waals surface area contributed by atoms with E-state index >= 15 is 0 Å². The number of carbonyl (C=O) groups excluding carboxylic acids is 1. The van der Waals surface area contributed by atoms with E-state index in [0.717, 1.165) is 23.4 Å². The van der Waals surface area contributed by atoms with Gasteiger partial charge in [-0.3, -0.25) is 9.78 Å². The minimum atomic E-state index is -0.00298. The zero-order chi connectivity index (χ0) is 19.1. The van der Waals surface area contributed by atoms with Gasteiger partial charge in [-0.05, 0) is 43.5 Å². The van der Waals surface area contributed by atoms with Crippen LogP contribution in [0, 0.1) is 6.92 Å². The second-order valence-corrected chi connectivity index (χ2v) is 6.86. The summed E-state index contributed by atoms with van der Waals surface area (Å²) in [6.45, 7) is 4.59. The summed E-state index contributed by atoms with van der Waals surface area (Å²) in [5.41, 5.74) is 4.22. The minimum Gasteiger partial charge on any atom is -0.330 e. The molecule has 0 saturated heterocycles. The van der Waals surface area contributed by atoms with Gasteiger partial charge in [-0.2, -0.15) is 0 Å². The molecule has 0 saturated carbocycles. The van der Waals surface area contributed by atoms with Crippen molar-refractivity contribution in [1.29, 1.82) is 0 Å². The number of hydrogen-bond donors (Lipinski definition) is 0. The van der Waals surface area contributed by atoms with E-state index in [1.54, 1.807) is 0 Å². The molecule has 3 heteroatoms. The van der Waals surface area contributed by atoms with Crippen LogP contribution in [0.3, 0.4) is 0 Å². The fourth-order valence-electron chi connectivity index (χ4n) is 3.25. The Morgan fingerprint density at radius 1 is 0.926 bits per heavy atom. The van der Waals surface area contributed by atoms with Crippen LogP contribution >= 0.6 is 0 Å². The van der Waals surface area contributed by atoms with Crippen molar-refractivity contribution in [1.82, 2.24) is 9.88 Å². The van der Waals surface area contributed by atoms with Gasteiger partial charge in [0.05, 0.1) is 18.3 Å². The lowest BCUT2D eigenvalue weighted by Gasteiger charge is -2.30. The highest BCUT2D eigenvalue weighted by molar-refractivity contribution is 5.77. The molecule has 0 fully saturated rings. The molecule has 0 bridgehead atoms. The first-order chi connectivity index (χ1) is 13.1. The SMILES string of the molecule is Cc1cccc(CN(C(=O)CCc2ccccc2)C(C)c2ccccc2)n1. The lowest BCUT2D eigenvalue weighted by molar-refractivity contribution is -0.134. The molecular weight excluding hydrogens is 332 g/mol. The minimum absolute atomic E-state index is 0.00298. The van der Waals surface area contributed by atoms with E-state index < -0.39 is 0 Å². The fraction of sp³-hybridized carbons (Fsp3) is 0.250. The number of benzene rings is 2. The molecule has 3 aromatic rings. The van der Waals surface area contributed by atoms with Gasteiger partial charge in [0.25, 0.3) is 0 Å². The van der Waals surface area contributed by atoms with Crippen LogP contribution in [0.5, 0.6) is 0 Å². The van der Waals surface area contributed by atoms with E-state index in [0.29, 0.717) is 13.0 Å². The van der Waals surface area contributed by atoms with Crippen LogP contribution < -0.4 is 0 Å². The van der Waals surface area contributed by atoms with E-state index in [-0.39, 0.29) is 11.9 Å². The molecule has 1 aromatic heterocycles. The Balaban J connectivity index is 1.78. The van der Waals surface area contributed by atoms with Gasteiger partial charge in [0, 0.05) is 12.1 Å². The summed E-state index contributed by atoms with van der Waals surface area (Å²) in [6.07, 6.45) is 1.24. The second kappa shape index (κ2) is 9.13. The van der Waals surface area contributed by atoms with Gasteiger partial charge < -0.3 is 4.90 Å². The van der Waals surface area contributed by atoms with Crippen LogP contribution in [0.2, 0.25) is 0 Å². The summed E-state index contributed by atoms with van der Waals surface area (Å²) < 4.78 is 0. The van der Waals surface area contributed by atoms with Crippen molar-refractivity contribution in [3.05, 3.63) is 101 Å². The third kappa shape index (κ3) is 5.27. The van der Waals surface area contributed by atoms with Crippen molar-refractivity contribution in [3.63, 3.8) is 0 Å². The maximum absolute atomic E-state index is 13.1. The van der Waals surface area contributed by atoms with Crippen LogP contribution in [0.1, 0.15) is 41.9 Å². The van der Waals surface area contributed by atoms with Gasteiger partial charge in [0.1, 0.15) is 0 Å². The number of aryl methyl sites for hydroxylation is 2. The molecule has 1 heterocycles. The molecular formula is C24H26N2O. The van der Waals surface area contributed by atoms with Crippen molar-refractivity contribution in [2.45, 2.75) is 39.3 Å². The molecule has 0 aliphatic carbocycles. The van der Waals surface area contributed by atoms with Crippen molar-refractivity contribution in [3.8, 4) is 0 Å². The Labute approximate surface area is 161 Å². The second-order valence-electron chi connectivity index (χ2n) is 6.86. The molecule has 3 rings (SSSR count). The summed E-state index contributed by atoms with van der Waals surface area (Å²) in [5.74, 6) is 0.151. The van der Waals surface area contributed by atoms with Crippen LogP contribution in [0.25, 0.3) is 0 Å². The lowest BCUT2D eigenvalue weighted by atomic mass is 10.0. The highest BCUT2D eigenvalue weighted by Crippen LogP contribution is 2.23. The topological polar surface area (TPSA) is 33.2 Å². The standard InChI is InChI=1S/C24H26N2O/c1-19-10-9-15-23(25-19)18-26(20(2)22-13-7-4-8-14-22)24(27)17-16-21-11-5-3-6-12-21/h3-15,20H,16-18H2,1-2H3. The van der Waals surface area contributed by atoms with E-state index in [1.165, 1.54) is 5.56 Å². The van der Waals surface area contributed by atoms with Gasteiger partial charge in [0.2, 0.25) is 5.91 Å². The maximum atomic E-state index is 13.1. The van der Waals surface area contributed by atoms with E-state index in [1.807, 2.05) is 66.4 Å². The van der Waals surface area contributed by atoms with Crippen LogP contribution in [0.4, 0.5) is 0 Å². The van der Waals surface area contributed by atoms with Gasteiger partial charge in [0.15, 0.2) is 0 Å². The predicted octanol–water partition coefficient (Wildman–Crippen LogP) is 5.11. The normalized spacial score (nSPS) is 11.8. The molecule has 1 atom stereocenters. The van der Waals surface area contributed by atoms with E-state index in [9.17, 15) is 4.79 Å². The van der Waals surface area contributed by atoms with Crippen molar-refractivity contribution >= 4 is 5.91 Å². The average molecular weight is 358 g/mol. The third-order valence-electron chi connectivity index (χ3n) is 4.82. The Hall–Kier alpha value is -2.94. The molecule has 0 aliphatic heterocycles. The summed E-state index contributed by atoms with van der Waals surface area (Å²) in [7, 11) is 0. The fourth-order valence-corrected chi connectivity index (χ4v) is 3.25. The number of aromatic nitrogens is 1. The Morgan fingerprint density at radius 3 is 2.26 bits per heavy atom. The molecule has 27 heavy (non-hydrogen) atoms. The lowest BCUT2D eigenvalue weighted by Crippen LogP contribution is -2.33. The molecule has 2 aromatic carbocycles. The monoisotopic (exact) mass is 358 g/mol. The Bertz CT molecular complexity index is 862. The van der Waals surface area contributed by atoms with Crippen molar-refractivity contribution < 1.29 is 4.79 Å². The van der Waals surface area contributed by atoms with Gasteiger partial charge in [-0.15, -0.1) is 0 Å². The molecule has 1 amide bonds. The maximum Gasteiger partial charge on any atom is 0.223 e. The Kier molecular flexibility index (Phi) is 6.37. The number of rotatable bonds is 7. The van der Waals surface area contributed by atoms with Gasteiger partial charge in [-0.25, -0.2) is 0 Å². The number of hydrogen-bond acceptors (Lipinski definition) is 2. The van der Waals surface area contributed by atoms with E-state index in [2.05, 4.69) is 36.2 Å². The number of nitrogens with zero attached hydrogens (tertiary/aromatic N) is 2.